The van der Waals surface area contributed by atoms with Crippen LogP contribution in [-0.2, 0) is 19.1 Å². The molecule has 9 heteroatoms. The summed E-state index contributed by atoms with van der Waals surface area (Å²) in [5.41, 5.74) is -1.45. The largest absolute Gasteiger partial charge is 0.444 e. The Balaban J connectivity index is 4.77. The average Bonchev–Trinajstić information content (AvgIpc) is 2.29. The predicted molar refractivity (Wildman–Crippen MR) is 82.8 cm³/mol. The standard InChI is InChI=1S/C14H25N3O6/c1-13(2,3)22-11(19)15-10(17-21-9-7-8-18)16-12(20)23-14(4,5)6/h8H,7,9H2,1-6H3,(H2,15,16,17,19,20). The molecule has 23 heavy (non-hydrogen) atoms. The zero-order valence-corrected chi connectivity index (χ0v) is 14.4. The van der Waals surface area contributed by atoms with E-state index in [1.165, 1.54) is 0 Å². The smallest absolute Gasteiger partial charge is 0.414 e. The number of hydrogen-bond donors (Lipinski definition) is 2. The lowest BCUT2D eigenvalue weighted by molar-refractivity contribution is -0.108. The fourth-order valence-corrected chi connectivity index (χ4v) is 1.09. The zero-order valence-electron chi connectivity index (χ0n) is 14.4. The van der Waals surface area contributed by atoms with Gasteiger partial charge in [0.2, 0.25) is 0 Å². The fraction of sp³-hybridized carbons (Fsp3) is 0.714. The van der Waals surface area contributed by atoms with Gasteiger partial charge in [-0.25, -0.2) is 9.59 Å². The highest BCUT2D eigenvalue weighted by Crippen LogP contribution is 2.07. The molecule has 0 atom stereocenters. The van der Waals surface area contributed by atoms with Crippen LogP contribution in [0.2, 0.25) is 0 Å². The number of carbonyl (C=O) groups excluding carboxylic acids is 3. The Morgan fingerprint density at radius 1 is 0.957 bits per heavy atom. The van der Waals surface area contributed by atoms with Crippen LogP contribution in [0.1, 0.15) is 48.0 Å². The van der Waals surface area contributed by atoms with E-state index in [9.17, 15) is 14.4 Å². The Bertz CT molecular complexity index is 416. The lowest BCUT2D eigenvalue weighted by Crippen LogP contribution is -2.47. The minimum absolute atomic E-state index is 0.000995. The first-order valence-electron chi connectivity index (χ1n) is 7.06. The summed E-state index contributed by atoms with van der Waals surface area (Å²) in [7, 11) is 0. The van der Waals surface area contributed by atoms with Gasteiger partial charge in [-0.3, -0.25) is 10.6 Å². The summed E-state index contributed by atoms with van der Waals surface area (Å²) in [4.78, 5) is 38.4. The molecule has 0 unspecified atom stereocenters. The van der Waals surface area contributed by atoms with Crippen molar-refractivity contribution in [1.82, 2.24) is 10.6 Å². The first-order valence-corrected chi connectivity index (χ1v) is 7.06. The number of rotatable bonds is 4. The van der Waals surface area contributed by atoms with Crippen molar-refractivity contribution in [2.75, 3.05) is 6.61 Å². The van der Waals surface area contributed by atoms with Crippen LogP contribution in [0.25, 0.3) is 0 Å². The molecule has 0 spiro atoms. The Labute approximate surface area is 135 Å². The number of carbonyl (C=O) groups is 3. The van der Waals surface area contributed by atoms with Gasteiger partial charge in [-0.05, 0) is 46.7 Å². The molecule has 0 rings (SSSR count). The summed E-state index contributed by atoms with van der Waals surface area (Å²) in [6, 6.07) is 0. The highest BCUT2D eigenvalue weighted by Gasteiger charge is 2.21. The van der Waals surface area contributed by atoms with Crippen molar-refractivity contribution in [3.05, 3.63) is 0 Å². The van der Waals surface area contributed by atoms with Crippen LogP contribution in [0.3, 0.4) is 0 Å². The summed E-state index contributed by atoms with van der Waals surface area (Å²) in [6.07, 6.45) is -0.884. The topological polar surface area (TPSA) is 115 Å². The molecule has 0 aromatic rings. The Morgan fingerprint density at radius 2 is 1.39 bits per heavy atom. The third kappa shape index (κ3) is 13.1. The van der Waals surface area contributed by atoms with Crippen molar-refractivity contribution >= 4 is 24.4 Å². The molecule has 0 aromatic heterocycles. The summed E-state index contributed by atoms with van der Waals surface area (Å²) in [5.74, 6) is -0.306. The van der Waals surface area contributed by atoms with Gasteiger partial charge in [0, 0.05) is 6.42 Å². The van der Waals surface area contributed by atoms with Crippen LogP contribution >= 0.6 is 0 Å². The second-order valence-electron chi connectivity index (χ2n) is 6.48. The summed E-state index contributed by atoms with van der Waals surface area (Å²) in [5, 5.41) is 8.00. The second kappa shape index (κ2) is 8.96. The molecule has 0 bridgehead atoms. The molecule has 0 aliphatic heterocycles. The minimum Gasteiger partial charge on any atom is -0.444 e. The third-order valence-corrected chi connectivity index (χ3v) is 1.72. The van der Waals surface area contributed by atoms with Gasteiger partial charge in [-0.2, -0.15) is 0 Å². The Kier molecular flexibility index (Phi) is 8.06. The maximum atomic E-state index is 11.7. The number of nitrogens with one attached hydrogen (secondary N) is 2. The van der Waals surface area contributed by atoms with Crippen LogP contribution in [-0.4, -0.2) is 42.2 Å². The minimum atomic E-state index is -0.828. The number of hydrogen-bond acceptors (Lipinski definition) is 7. The number of guanidine groups is 1. The number of nitrogens with zero attached hydrogens (tertiary/aromatic N) is 1. The first kappa shape index (κ1) is 20.7. The molecule has 0 aromatic carbocycles. The van der Waals surface area contributed by atoms with Gasteiger partial charge >= 0.3 is 12.2 Å². The van der Waals surface area contributed by atoms with Crippen LogP contribution < -0.4 is 10.6 Å². The van der Waals surface area contributed by atoms with Crippen molar-refractivity contribution < 1.29 is 28.7 Å². The maximum Gasteiger partial charge on any atom is 0.414 e. The van der Waals surface area contributed by atoms with Gasteiger partial charge in [0.25, 0.3) is 5.96 Å². The number of oxime groups is 1. The van der Waals surface area contributed by atoms with Gasteiger partial charge < -0.3 is 19.1 Å². The monoisotopic (exact) mass is 331 g/mol. The lowest BCUT2D eigenvalue weighted by Gasteiger charge is -2.21. The van der Waals surface area contributed by atoms with Crippen molar-refractivity contribution in [3.8, 4) is 0 Å². The molecular formula is C14H25N3O6. The summed E-state index contributed by atoms with van der Waals surface area (Å²) >= 11 is 0. The van der Waals surface area contributed by atoms with Crippen LogP contribution in [0.5, 0.6) is 0 Å². The molecule has 0 aliphatic rings. The lowest BCUT2D eigenvalue weighted by atomic mass is 10.2. The first-order chi connectivity index (χ1) is 10.4. The van der Waals surface area contributed by atoms with Gasteiger partial charge in [0.15, 0.2) is 0 Å². The Hall–Kier alpha value is -2.32. The second-order valence-corrected chi connectivity index (χ2v) is 6.48. The highest BCUT2D eigenvalue weighted by atomic mass is 16.6. The molecule has 132 valence electrons. The number of aldehydes is 1. The highest BCUT2D eigenvalue weighted by molar-refractivity contribution is 6.01. The van der Waals surface area contributed by atoms with E-state index in [1.54, 1.807) is 41.5 Å². The van der Waals surface area contributed by atoms with E-state index in [0.29, 0.717) is 6.29 Å². The van der Waals surface area contributed by atoms with Gasteiger partial charge in [-0.15, -0.1) is 0 Å². The van der Waals surface area contributed by atoms with E-state index in [0.717, 1.165) is 0 Å². The fourth-order valence-electron chi connectivity index (χ4n) is 1.09. The van der Waals surface area contributed by atoms with E-state index in [2.05, 4.69) is 15.8 Å². The van der Waals surface area contributed by atoms with Crippen molar-refractivity contribution in [2.45, 2.75) is 59.2 Å². The quantitative estimate of drug-likeness (QED) is 0.267. The molecular weight excluding hydrogens is 306 g/mol. The normalized spacial score (nSPS) is 11.0. The predicted octanol–water partition coefficient (Wildman–Crippen LogP) is 1.91. The van der Waals surface area contributed by atoms with Crippen LogP contribution in [0, 0.1) is 0 Å². The van der Waals surface area contributed by atoms with Gasteiger partial charge in [-0.1, -0.05) is 0 Å². The number of alkyl carbamates (subject to hydrolysis) is 2. The number of amides is 2. The van der Waals surface area contributed by atoms with Crippen LogP contribution in [0.4, 0.5) is 9.59 Å². The molecule has 0 saturated carbocycles. The number of ether oxygens (including phenoxy) is 2. The summed E-state index contributed by atoms with van der Waals surface area (Å²) in [6.45, 7) is 10.1. The van der Waals surface area contributed by atoms with Crippen molar-refractivity contribution in [2.24, 2.45) is 5.16 Å². The Morgan fingerprint density at radius 3 is 1.74 bits per heavy atom. The van der Waals surface area contributed by atoms with Crippen molar-refractivity contribution in [1.29, 1.82) is 0 Å². The molecule has 0 aliphatic carbocycles. The van der Waals surface area contributed by atoms with Gasteiger partial charge in [0.05, 0.1) is 0 Å². The molecule has 2 amide bonds. The van der Waals surface area contributed by atoms with E-state index in [-0.39, 0.29) is 19.0 Å². The van der Waals surface area contributed by atoms with Crippen LogP contribution in [0.15, 0.2) is 5.16 Å². The molecule has 0 heterocycles. The molecule has 0 saturated heterocycles. The molecule has 9 nitrogen and oxygen atoms in total. The molecule has 0 radical (unpaired) electrons. The average molecular weight is 331 g/mol. The molecule has 0 fully saturated rings. The SMILES string of the molecule is CC(C)(C)OC(=O)NC(=NOCCC=O)NC(=O)OC(C)(C)C. The van der Waals surface area contributed by atoms with E-state index in [4.69, 9.17) is 14.3 Å². The van der Waals surface area contributed by atoms with E-state index >= 15 is 0 Å². The third-order valence-electron chi connectivity index (χ3n) is 1.72. The summed E-state index contributed by atoms with van der Waals surface area (Å²) < 4.78 is 10.1. The van der Waals surface area contributed by atoms with E-state index in [1.807, 2.05) is 0 Å². The van der Waals surface area contributed by atoms with E-state index < -0.39 is 23.4 Å². The molecule has 2 N–H and O–H groups in total. The zero-order chi connectivity index (χ0) is 18.1. The van der Waals surface area contributed by atoms with Crippen molar-refractivity contribution in [3.63, 3.8) is 0 Å². The van der Waals surface area contributed by atoms with Gasteiger partial charge in [0.1, 0.15) is 24.1 Å². The maximum absolute atomic E-state index is 11.7.